The van der Waals surface area contributed by atoms with E-state index in [-0.39, 0.29) is 17.7 Å². The van der Waals surface area contributed by atoms with E-state index in [1.165, 1.54) is 16.7 Å². The molecule has 0 saturated carbocycles. The summed E-state index contributed by atoms with van der Waals surface area (Å²) < 4.78 is 5.55. The SMILES string of the molecule is COc1ccc2cc(CC3SC(=S)N(CC(=O)O)C3=O)ccc2c1. The van der Waals surface area contributed by atoms with Gasteiger partial charge in [0, 0.05) is 0 Å². The number of ether oxygens (including phenoxy) is 1. The number of rotatable bonds is 5. The van der Waals surface area contributed by atoms with Crippen molar-refractivity contribution in [3.05, 3.63) is 42.0 Å². The minimum absolute atomic E-state index is 0.234. The fourth-order valence-corrected chi connectivity index (χ4v) is 4.18. The number of thiocarbonyl (C=S) groups is 1. The average molecular weight is 361 g/mol. The molecule has 1 fully saturated rings. The number of fused-ring (bicyclic) bond motifs is 1. The van der Waals surface area contributed by atoms with E-state index >= 15 is 0 Å². The number of methoxy groups -OCH3 is 1. The van der Waals surface area contributed by atoms with E-state index in [1.54, 1.807) is 7.11 Å². The Morgan fingerprint density at radius 1 is 1.29 bits per heavy atom. The zero-order chi connectivity index (χ0) is 17.3. The van der Waals surface area contributed by atoms with Gasteiger partial charge in [0.05, 0.1) is 12.4 Å². The quantitative estimate of drug-likeness (QED) is 0.826. The molecule has 0 spiro atoms. The van der Waals surface area contributed by atoms with Gasteiger partial charge in [0.15, 0.2) is 0 Å². The molecule has 124 valence electrons. The highest BCUT2D eigenvalue weighted by atomic mass is 32.2. The van der Waals surface area contributed by atoms with Crippen LogP contribution < -0.4 is 4.74 Å². The van der Waals surface area contributed by atoms with E-state index in [2.05, 4.69) is 0 Å². The second-order valence-corrected chi connectivity index (χ2v) is 7.28. The molecule has 1 aliphatic heterocycles. The molecule has 2 aromatic carbocycles. The highest BCUT2D eigenvalue weighted by Crippen LogP contribution is 2.31. The van der Waals surface area contributed by atoms with Gasteiger partial charge in [-0.3, -0.25) is 14.5 Å². The maximum atomic E-state index is 12.3. The fraction of sp³-hybridized carbons (Fsp3) is 0.235. The highest BCUT2D eigenvalue weighted by Gasteiger charge is 2.37. The third-order valence-corrected chi connectivity index (χ3v) is 5.42. The Balaban J connectivity index is 1.79. The molecular weight excluding hydrogens is 346 g/mol. The van der Waals surface area contributed by atoms with Crippen molar-refractivity contribution in [3.63, 3.8) is 0 Å². The Kier molecular flexibility index (Phi) is 4.73. The summed E-state index contributed by atoms with van der Waals surface area (Å²) in [5.41, 5.74) is 1.01. The molecule has 0 bridgehead atoms. The van der Waals surface area contributed by atoms with Gasteiger partial charge in [0.2, 0.25) is 5.91 Å². The van der Waals surface area contributed by atoms with Gasteiger partial charge in [-0.1, -0.05) is 48.2 Å². The molecule has 1 amide bonds. The molecule has 1 atom stereocenters. The number of hydrogen-bond acceptors (Lipinski definition) is 5. The maximum Gasteiger partial charge on any atom is 0.323 e. The summed E-state index contributed by atoms with van der Waals surface area (Å²) in [5, 5.41) is 10.6. The third kappa shape index (κ3) is 3.37. The summed E-state index contributed by atoms with van der Waals surface area (Å²) in [4.78, 5) is 24.3. The van der Waals surface area contributed by atoms with Crippen molar-refractivity contribution in [2.45, 2.75) is 11.7 Å². The highest BCUT2D eigenvalue weighted by molar-refractivity contribution is 8.24. The van der Waals surface area contributed by atoms with Crippen molar-refractivity contribution < 1.29 is 19.4 Å². The van der Waals surface area contributed by atoms with E-state index in [4.69, 9.17) is 22.1 Å². The molecule has 0 aliphatic carbocycles. The lowest BCUT2D eigenvalue weighted by Gasteiger charge is -2.12. The van der Waals surface area contributed by atoms with Crippen molar-refractivity contribution in [1.82, 2.24) is 4.90 Å². The zero-order valence-corrected chi connectivity index (χ0v) is 14.5. The summed E-state index contributed by atoms with van der Waals surface area (Å²) in [6.45, 7) is -0.376. The van der Waals surface area contributed by atoms with E-state index in [1.807, 2.05) is 36.4 Å². The lowest BCUT2D eigenvalue weighted by Crippen LogP contribution is -2.36. The molecular formula is C17H15NO4S2. The molecule has 24 heavy (non-hydrogen) atoms. The van der Waals surface area contributed by atoms with Gasteiger partial charge < -0.3 is 9.84 Å². The second-order valence-electron chi connectivity index (χ2n) is 5.44. The predicted molar refractivity (Wildman–Crippen MR) is 97.5 cm³/mol. The number of carbonyl (C=O) groups is 2. The van der Waals surface area contributed by atoms with Gasteiger partial charge in [0.25, 0.3) is 0 Å². The van der Waals surface area contributed by atoms with Gasteiger partial charge in [-0.05, 0) is 34.9 Å². The Labute approximate surface area is 148 Å². The molecule has 7 heteroatoms. The Morgan fingerprint density at radius 3 is 2.71 bits per heavy atom. The molecule has 0 aromatic heterocycles. The van der Waals surface area contributed by atoms with Crippen LogP contribution in [0.5, 0.6) is 5.75 Å². The van der Waals surface area contributed by atoms with Crippen LogP contribution in [0.3, 0.4) is 0 Å². The third-order valence-electron chi connectivity index (χ3n) is 3.83. The zero-order valence-electron chi connectivity index (χ0n) is 12.9. The first-order valence-corrected chi connectivity index (χ1v) is 8.57. The lowest BCUT2D eigenvalue weighted by molar-refractivity contribution is -0.141. The van der Waals surface area contributed by atoms with Crippen LogP contribution in [0.25, 0.3) is 10.8 Å². The van der Waals surface area contributed by atoms with Gasteiger partial charge in [-0.15, -0.1) is 0 Å². The van der Waals surface area contributed by atoms with Crippen LogP contribution in [-0.2, 0) is 16.0 Å². The van der Waals surface area contributed by atoms with Crippen molar-refractivity contribution in [3.8, 4) is 5.75 Å². The summed E-state index contributed by atoms with van der Waals surface area (Å²) in [7, 11) is 1.63. The summed E-state index contributed by atoms with van der Waals surface area (Å²) >= 11 is 6.38. The Bertz CT molecular complexity index is 836. The van der Waals surface area contributed by atoms with Crippen molar-refractivity contribution in [1.29, 1.82) is 0 Å². The lowest BCUT2D eigenvalue weighted by atomic mass is 10.0. The molecule has 3 rings (SSSR count). The van der Waals surface area contributed by atoms with Gasteiger partial charge in [-0.25, -0.2) is 0 Å². The normalized spacial score (nSPS) is 17.5. The molecule has 0 radical (unpaired) electrons. The number of nitrogens with zero attached hydrogens (tertiary/aromatic N) is 1. The van der Waals surface area contributed by atoms with Crippen LogP contribution >= 0.6 is 24.0 Å². The smallest absolute Gasteiger partial charge is 0.323 e. The summed E-state index contributed by atoms with van der Waals surface area (Å²) in [6.07, 6.45) is 0.516. The number of carbonyl (C=O) groups excluding carboxylic acids is 1. The van der Waals surface area contributed by atoms with Gasteiger partial charge >= 0.3 is 5.97 Å². The Morgan fingerprint density at radius 2 is 2.00 bits per heavy atom. The minimum Gasteiger partial charge on any atom is -0.497 e. The van der Waals surface area contributed by atoms with E-state index in [0.29, 0.717) is 10.7 Å². The monoisotopic (exact) mass is 361 g/mol. The van der Waals surface area contributed by atoms with Crippen molar-refractivity contribution >= 4 is 50.9 Å². The second kappa shape index (κ2) is 6.78. The number of thioether (sulfide) groups is 1. The van der Waals surface area contributed by atoms with Gasteiger partial charge in [-0.2, -0.15) is 0 Å². The fourth-order valence-electron chi connectivity index (χ4n) is 2.65. The number of carboxylic acid groups (broad SMARTS) is 1. The van der Waals surface area contributed by atoms with Crippen LogP contribution in [0.4, 0.5) is 0 Å². The number of carboxylic acids is 1. The predicted octanol–water partition coefficient (Wildman–Crippen LogP) is 2.70. The largest absolute Gasteiger partial charge is 0.497 e. The number of aliphatic carboxylic acids is 1. The first-order valence-electron chi connectivity index (χ1n) is 7.28. The van der Waals surface area contributed by atoms with Crippen LogP contribution in [0.1, 0.15) is 5.56 Å². The first kappa shape index (κ1) is 16.7. The number of amides is 1. The topological polar surface area (TPSA) is 66.8 Å². The van der Waals surface area contributed by atoms with E-state index in [0.717, 1.165) is 22.1 Å². The molecule has 1 aliphatic rings. The number of benzene rings is 2. The average Bonchev–Trinajstić information content (AvgIpc) is 2.81. The van der Waals surface area contributed by atoms with Crippen molar-refractivity contribution in [2.24, 2.45) is 0 Å². The van der Waals surface area contributed by atoms with Crippen LogP contribution in [0.15, 0.2) is 36.4 Å². The summed E-state index contributed by atoms with van der Waals surface area (Å²) in [6, 6.07) is 11.8. The van der Waals surface area contributed by atoms with Crippen LogP contribution in [-0.4, -0.2) is 45.1 Å². The molecule has 1 N–H and O–H groups in total. The maximum absolute atomic E-state index is 12.3. The number of hydrogen-bond donors (Lipinski definition) is 1. The first-order chi connectivity index (χ1) is 11.5. The molecule has 2 aromatic rings. The standard InChI is InChI=1S/C17H15NO4S2/c1-22-13-5-4-11-6-10(2-3-12(11)8-13)7-14-16(21)18(9-15(19)20)17(23)24-14/h2-6,8,14H,7,9H2,1H3,(H,19,20). The summed E-state index contributed by atoms with van der Waals surface area (Å²) in [5.74, 6) is -0.500. The van der Waals surface area contributed by atoms with Gasteiger partial charge in [0.1, 0.15) is 16.6 Å². The molecule has 1 heterocycles. The molecule has 1 unspecified atom stereocenters. The molecule has 5 nitrogen and oxygen atoms in total. The van der Waals surface area contributed by atoms with E-state index in [9.17, 15) is 9.59 Å². The van der Waals surface area contributed by atoms with Crippen LogP contribution in [0, 0.1) is 0 Å². The molecule has 1 saturated heterocycles. The van der Waals surface area contributed by atoms with E-state index < -0.39 is 5.97 Å². The van der Waals surface area contributed by atoms with Crippen LogP contribution in [0.2, 0.25) is 0 Å². The Hall–Kier alpha value is -2.12. The minimum atomic E-state index is -1.06. The van der Waals surface area contributed by atoms with Crippen molar-refractivity contribution in [2.75, 3.05) is 13.7 Å².